The predicted molar refractivity (Wildman–Crippen MR) is 76.6 cm³/mol. The molecule has 20 heavy (non-hydrogen) atoms. The molecule has 0 rings (SSSR count). The summed E-state index contributed by atoms with van der Waals surface area (Å²) in [5, 5.41) is 11.5. The fourth-order valence-electron chi connectivity index (χ4n) is 1.29. The Labute approximate surface area is 122 Å². The van der Waals surface area contributed by atoms with E-state index in [0.29, 0.717) is 46.2 Å². The van der Waals surface area contributed by atoms with Crippen molar-refractivity contribution in [3.8, 4) is 6.07 Å². The molecule has 0 aliphatic heterocycles. The van der Waals surface area contributed by atoms with Gasteiger partial charge in [-0.25, -0.2) is 0 Å². The first-order chi connectivity index (χ1) is 9.85. The Hall–Kier alpha value is -0.710. The van der Waals surface area contributed by atoms with Gasteiger partial charge in [0.1, 0.15) is 6.04 Å². The van der Waals surface area contributed by atoms with E-state index in [9.17, 15) is 0 Å². The molecule has 0 fully saturated rings. The second-order valence-corrected chi connectivity index (χ2v) is 4.24. The SMILES string of the molecule is CCCCOCCOCCOCCOCC(C#N)NC. The van der Waals surface area contributed by atoms with Crippen LogP contribution in [0.3, 0.4) is 0 Å². The van der Waals surface area contributed by atoms with Gasteiger partial charge in [-0.05, 0) is 13.5 Å². The molecular formula is C14H28N2O4. The van der Waals surface area contributed by atoms with Crippen molar-refractivity contribution in [1.82, 2.24) is 5.32 Å². The second kappa shape index (κ2) is 16.3. The van der Waals surface area contributed by atoms with E-state index in [1.54, 1.807) is 7.05 Å². The fourth-order valence-corrected chi connectivity index (χ4v) is 1.29. The minimum atomic E-state index is -0.258. The van der Waals surface area contributed by atoms with Crippen LogP contribution in [-0.2, 0) is 18.9 Å². The first-order valence-electron chi connectivity index (χ1n) is 7.23. The lowest BCUT2D eigenvalue weighted by Gasteiger charge is -2.09. The highest BCUT2D eigenvalue weighted by molar-refractivity contribution is 4.88. The van der Waals surface area contributed by atoms with Gasteiger partial charge >= 0.3 is 0 Å². The molecule has 0 aromatic heterocycles. The zero-order valence-corrected chi connectivity index (χ0v) is 12.7. The van der Waals surface area contributed by atoms with Gasteiger partial charge in [0, 0.05) is 6.61 Å². The van der Waals surface area contributed by atoms with Crippen LogP contribution in [0.15, 0.2) is 0 Å². The van der Waals surface area contributed by atoms with Crippen molar-refractivity contribution in [2.75, 3.05) is 59.9 Å². The van der Waals surface area contributed by atoms with E-state index in [4.69, 9.17) is 24.2 Å². The maximum atomic E-state index is 8.67. The lowest BCUT2D eigenvalue weighted by atomic mass is 10.4. The largest absolute Gasteiger partial charge is 0.379 e. The van der Waals surface area contributed by atoms with Crippen LogP contribution in [-0.4, -0.2) is 65.9 Å². The average molecular weight is 288 g/mol. The average Bonchev–Trinajstić information content (AvgIpc) is 2.48. The smallest absolute Gasteiger partial charge is 0.119 e. The topological polar surface area (TPSA) is 72.7 Å². The number of nitrogens with zero attached hydrogens (tertiary/aromatic N) is 1. The number of likely N-dealkylation sites (N-methyl/N-ethyl adjacent to an activating group) is 1. The third-order valence-corrected chi connectivity index (χ3v) is 2.55. The normalized spacial score (nSPS) is 12.2. The second-order valence-electron chi connectivity index (χ2n) is 4.24. The Kier molecular flexibility index (Phi) is 15.8. The zero-order chi connectivity index (χ0) is 14.9. The third kappa shape index (κ3) is 13.7. The third-order valence-electron chi connectivity index (χ3n) is 2.55. The Bertz CT molecular complexity index is 234. The zero-order valence-electron chi connectivity index (χ0n) is 12.7. The van der Waals surface area contributed by atoms with Crippen molar-refractivity contribution < 1.29 is 18.9 Å². The lowest BCUT2D eigenvalue weighted by molar-refractivity contribution is -0.00286. The van der Waals surface area contributed by atoms with Gasteiger partial charge in [0.15, 0.2) is 0 Å². The van der Waals surface area contributed by atoms with Gasteiger partial charge in [-0.3, -0.25) is 0 Å². The van der Waals surface area contributed by atoms with Crippen molar-refractivity contribution in [2.45, 2.75) is 25.8 Å². The molecule has 0 saturated heterocycles. The van der Waals surface area contributed by atoms with Gasteiger partial charge in [0.25, 0.3) is 0 Å². The van der Waals surface area contributed by atoms with Crippen LogP contribution in [0.4, 0.5) is 0 Å². The number of hydrogen-bond donors (Lipinski definition) is 1. The van der Waals surface area contributed by atoms with Crippen LogP contribution in [0.1, 0.15) is 19.8 Å². The maximum absolute atomic E-state index is 8.67. The minimum Gasteiger partial charge on any atom is -0.379 e. The standard InChI is InChI=1S/C14H28N2O4/c1-3-4-5-17-6-7-18-8-9-19-10-11-20-13-14(12-15)16-2/h14,16H,3-11,13H2,1-2H3. The Morgan fingerprint density at radius 3 is 1.85 bits per heavy atom. The number of nitrogens with one attached hydrogen (secondary N) is 1. The molecule has 0 spiro atoms. The summed E-state index contributed by atoms with van der Waals surface area (Å²) in [5.41, 5.74) is 0. The van der Waals surface area contributed by atoms with Crippen LogP contribution in [0.5, 0.6) is 0 Å². The number of hydrogen-bond acceptors (Lipinski definition) is 6. The Morgan fingerprint density at radius 2 is 1.40 bits per heavy atom. The Morgan fingerprint density at radius 1 is 0.900 bits per heavy atom. The minimum absolute atomic E-state index is 0.258. The van der Waals surface area contributed by atoms with E-state index in [1.165, 1.54) is 0 Å². The van der Waals surface area contributed by atoms with Gasteiger partial charge in [-0.1, -0.05) is 13.3 Å². The van der Waals surface area contributed by atoms with Gasteiger partial charge < -0.3 is 24.3 Å². The molecular weight excluding hydrogens is 260 g/mol. The summed E-state index contributed by atoms with van der Waals surface area (Å²) in [7, 11) is 1.73. The van der Waals surface area contributed by atoms with E-state index < -0.39 is 0 Å². The summed E-state index contributed by atoms with van der Waals surface area (Å²) in [6.45, 7) is 6.68. The molecule has 0 aliphatic rings. The van der Waals surface area contributed by atoms with E-state index in [1.807, 2.05) is 0 Å². The molecule has 0 aromatic rings. The molecule has 0 aliphatic carbocycles. The monoisotopic (exact) mass is 288 g/mol. The van der Waals surface area contributed by atoms with Crippen LogP contribution in [0.25, 0.3) is 0 Å². The molecule has 0 radical (unpaired) electrons. The molecule has 6 nitrogen and oxygen atoms in total. The van der Waals surface area contributed by atoms with E-state index in [2.05, 4.69) is 18.3 Å². The van der Waals surface area contributed by atoms with Crippen molar-refractivity contribution in [2.24, 2.45) is 0 Å². The molecule has 1 N–H and O–H groups in total. The fraction of sp³-hybridized carbons (Fsp3) is 0.929. The summed E-state index contributed by atoms with van der Waals surface area (Å²) in [4.78, 5) is 0. The van der Waals surface area contributed by atoms with Crippen LogP contribution >= 0.6 is 0 Å². The summed E-state index contributed by atoms with van der Waals surface area (Å²) in [6, 6.07) is 1.83. The molecule has 1 atom stereocenters. The summed E-state index contributed by atoms with van der Waals surface area (Å²) in [6.07, 6.45) is 2.25. The summed E-state index contributed by atoms with van der Waals surface area (Å²) in [5.74, 6) is 0. The molecule has 1 unspecified atom stereocenters. The molecule has 0 amide bonds. The van der Waals surface area contributed by atoms with Gasteiger partial charge in [-0.15, -0.1) is 0 Å². The Balaban J connectivity index is 3.05. The van der Waals surface area contributed by atoms with E-state index >= 15 is 0 Å². The van der Waals surface area contributed by atoms with Gasteiger partial charge in [0.2, 0.25) is 0 Å². The van der Waals surface area contributed by atoms with Crippen LogP contribution in [0.2, 0.25) is 0 Å². The van der Waals surface area contributed by atoms with Crippen LogP contribution < -0.4 is 5.32 Å². The number of unbranched alkanes of at least 4 members (excludes halogenated alkanes) is 1. The van der Waals surface area contributed by atoms with E-state index in [0.717, 1.165) is 19.4 Å². The number of ether oxygens (including phenoxy) is 4. The highest BCUT2D eigenvalue weighted by atomic mass is 16.6. The molecule has 0 saturated carbocycles. The van der Waals surface area contributed by atoms with E-state index in [-0.39, 0.29) is 6.04 Å². The summed E-state index contributed by atoms with van der Waals surface area (Å²) < 4.78 is 21.3. The van der Waals surface area contributed by atoms with Crippen molar-refractivity contribution in [1.29, 1.82) is 5.26 Å². The first-order valence-corrected chi connectivity index (χ1v) is 7.23. The first kappa shape index (κ1) is 19.3. The van der Waals surface area contributed by atoms with Gasteiger partial charge in [0.05, 0.1) is 52.3 Å². The molecule has 118 valence electrons. The molecule has 6 heteroatoms. The predicted octanol–water partition coefficient (Wildman–Crippen LogP) is 0.964. The quantitative estimate of drug-likeness (QED) is 0.453. The van der Waals surface area contributed by atoms with Gasteiger partial charge in [-0.2, -0.15) is 5.26 Å². The lowest BCUT2D eigenvalue weighted by Crippen LogP contribution is -2.29. The van der Waals surface area contributed by atoms with Crippen molar-refractivity contribution in [3.63, 3.8) is 0 Å². The number of rotatable bonds is 15. The van der Waals surface area contributed by atoms with Crippen molar-refractivity contribution in [3.05, 3.63) is 0 Å². The highest BCUT2D eigenvalue weighted by Crippen LogP contribution is 1.88. The van der Waals surface area contributed by atoms with Crippen LogP contribution in [0, 0.1) is 11.3 Å². The summed E-state index contributed by atoms with van der Waals surface area (Å²) >= 11 is 0. The van der Waals surface area contributed by atoms with Crippen molar-refractivity contribution >= 4 is 0 Å². The molecule has 0 heterocycles. The molecule has 0 aromatic carbocycles. The molecule has 0 bridgehead atoms. The highest BCUT2D eigenvalue weighted by Gasteiger charge is 2.02. The maximum Gasteiger partial charge on any atom is 0.119 e. The number of nitriles is 1.